The summed E-state index contributed by atoms with van der Waals surface area (Å²) in [5, 5.41) is 0. The summed E-state index contributed by atoms with van der Waals surface area (Å²) in [7, 11) is 0. The predicted molar refractivity (Wildman–Crippen MR) is 80.3 cm³/mol. The Labute approximate surface area is 116 Å². The van der Waals surface area contributed by atoms with Crippen LogP contribution in [0, 0.1) is 27.7 Å². The van der Waals surface area contributed by atoms with Gasteiger partial charge in [-0.2, -0.15) is 0 Å². The van der Waals surface area contributed by atoms with Crippen LogP contribution in [0.4, 0.5) is 0 Å². The molecule has 0 heterocycles. The number of ether oxygens (including phenoxy) is 1. The van der Waals surface area contributed by atoms with E-state index in [4.69, 9.17) is 4.74 Å². The zero-order chi connectivity index (χ0) is 13.8. The second-order valence-electron chi connectivity index (χ2n) is 5.48. The first-order chi connectivity index (χ1) is 9.02. The summed E-state index contributed by atoms with van der Waals surface area (Å²) < 4.78 is 5.83. The highest BCUT2D eigenvalue weighted by atomic mass is 16.5. The van der Waals surface area contributed by atoms with Crippen LogP contribution in [0.2, 0.25) is 0 Å². The zero-order valence-corrected chi connectivity index (χ0v) is 12.3. The molecule has 2 aromatic carbocycles. The van der Waals surface area contributed by atoms with Crippen molar-refractivity contribution in [3.8, 4) is 0 Å². The Morgan fingerprint density at radius 1 is 0.579 bits per heavy atom. The van der Waals surface area contributed by atoms with Crippen LogP contribution in [0.15, 0.2) is 36.4 Å². The molecule has 100 valence electrons. The van der Waals surface area contributed by atoms with Gasteiger partial charge in [-0.1, -0.05) is 58.7 Å². The summed E-state index contributed by atoms with van der Waals surface area (Å²) in [5.74, 6) is 0. The van der Waals surface area contributed by atoms with E-state index in [9.17, 15) is 0 Å². The largest absolute Gasteiger partial charge is 0.372 e. The lowest BCUT2D eigenvalue weighted by Gasteiger charge is -2.08. The molecule has 1 heteroatoms. The van der Waals surface area contributed by atoms with Crippen molar-refractivity contribution in [3.63, 3.8) is 0 Å². The molecule has 0 unspecified atom stereocenters. The minimum absolute atomic E-state index is 0.676. The molecule has 0 saturated heterocycles. The Kier molecular flexibility index (Phi) is 4.39. The van der Waals surface area contributed by atoms with Crippen molar-refractivity contribution in [2.75, 3.05) is 0 Å². The second kappa shape index (κ2) is 6.03. The Morgan fingerprint density at radius 3 is 1.21 bits per heavy atom. The molecule has 0 amide bonds. The zero-order valence-electron chi connectivity index (χ0n) is 12.3. The highest BCUT2D eigenvalue weighted by Crippen LogP contribution is 2.13. The summed E-state index contributed by atoms with van der Waals surface area (Å²) in [5.41, 5.74) is 7.69. The number of hydrogen-bond acceptors (Lipinski definition) is 1. The molecule has 0 aliphatic rings. The van der Waals surface area contributed by atoms with Crippen LogP contribution in [0.5, 0.6) is 0 Å². The molecule has 0 fully saturated rings. The molecule has 2 aromatic rings. The predicted octanol–water partition coefficient (Wildman–Crippen LogP) is 4.64. The normalized spacial score (nSPS) is 10.7. The van der Waals surface area contributed by atoms with Crippen molar-refractivity contribution >= 4 is 0 Å². The topological polar surface area (TPSA) is 9.23 Å². The van der Waals surface area contributed by atoms with Crippen LogP contribution in [0.25, 0.3) is 0 Å². The van der Waals surface area contributed by atoms with E-state index >= 15 is 0 Å². The molecule has 1 nitrogen and oxygen atoms in total. The smallest absolute Gasteiger partial charge is 0.0721 e. The van der Waals surface area contributed by atoms with E-state index in [-0.39, 0.29) is 0 Å². The van der Waals surface area contributed by atoms with E-state index < -0.39 is 0 Å². The number of aryl methyl sites for hydroxylation is 4. The van der Waals surface area contributed by atoms with Crippen LogP contribution in [-0.4, -0.2) is 0 Å². The van der Waals surface area contributed by atoms with Gasteiger partial charge in [0.05, 0.1) is 13.2 Å². The van der Waals surface area contributed by atoms with E-state index in [0.717, 1.165) is 0 Å². The van der Waals surface area contributed by atoms with Gasteiger partial charge < -0.3 is 4.74 Å². The summed E-state index contributed by atoms with van der Waals surface area (Å²) in [6.45, 7) is 9.85. The molecular weight excluding hydrogens is 232 g/mol. The quantitative estimate of drug-likeness (QED) is 0.772. The van der Waals surface area contributed by atoms with Gasteiger partial charge >= 0.3 is 0 Å². The third-order valence-electron chi connectivity index (χ3n) is 3.10. The van der Waals surface area contributed by atoms with Gasteiger partial charge in [-0.25, -0.2) is 0 Å². The Balaban J connectivity index is 1.96. The highest BCUT2D eigenvalue weighted by molar-refractivity contribution is 5.29. The molecular formula is C18H22O. The van der Waals surface area contributed by atoms with Crippen LogP contribution >= 0.6 is 0 Å². The lowest BCUT2D eigenvalue weighted by atomic mass is 10.1. The Bertz CT molecular complexity index is 478. The fourth-order valence-corrected chi connectivity index (χ4v) is 2.59. The standard InChI is InChI=1S/C18H22O/c1-13-5-14(2)8-17(7-13)11-19-12-18-9-15(3)6-16(4)10-18/h5-10H,11-12H2,1-4H3. The maximum absolute atomic E-state index is 5.83. The van der Waals surface area contributed by atoms with Gasteiger partial charge in [0.2, 0.25) is 0 Å². The van der Waals surface area contributed by atoms with Crippen molar-refractivity contribution in [3.05, 3.63) is 69.8 Å². The maximum Gasteiger partial charge on any atom is 0.0721 e. The molecule has 0 radical (unpaired) electrons. The lowest BCUT2D eigenvalue weighted by Crippen LogP contribution is -1.96. The number of hydrogen-bond donors (Lipinski definition) is 0. The van der Waals surface area contributed by atoms with E-state index in [0.29, 0.717) is 13.2 Å². The number of rotatable bonds is 4. The molecule has 0 aliphatic carbocycles. The summed E-state index contributed by atoms with van der Waals surface area (Å²) in [6, 6.07) is 13.1. The highest BCUT2D eigenvalue weighted by Gasteiger charge is 1.99. The molecule has 0 aliphatic heterocycles. The molecule has 0 bridgehead atoms. The first kappa shape index (κ1) is 13.8. The van der Waals surface area contributed by atoms with Crippen LogP contribution < -0.4 is 0 Å². The molecule has 0 atom stereocenters. The van der Waals surface area contributed by atoms with Crippen molar-refractivity contribution in [1.29, 1.82) is 0 Å². The van der Waals surface area contributed by atoms with Gasteiger partial charge in [-0.3, -0.25) is 0 Å². The minimum Gasteiger partial charge on any atom is -0.372 e. The van der Waals surface area contributed by atoms with Crippen molar-refractivity contribution in [2.45, 2.75) is 40.9 Å². The van der Waals surface area contributed by atoms with Crippen LogP contribution in [0.1, 0.15) is 33.4 Å². The molecule has 2 rings (SSSR count). The average Bonchev–Trinajstić information content (AvgIpc) is 2.26. The molecule has 0 aromatic heterocycles. The van der Waals surface area contributed by atoms with Crippen molar-refractivity contribution in [1.82, 2.24) is 0 Å². The fourth-order valence-electron chi connectivity index (χ4n) is 2.59. The maximum atomic E-state index is 5.83. The minimum atomic E-state index is 0.676. The van der Waals surface area contributed by atoms with Gasteiger partial charge in [0, 0.05) is 0 Å². The van der Waals surface area contributed by atoms with E-state index in [1.807, 2.05) is 0 Å². The molecule has 19 heavy (non-hydrogen) atoms. The fraction of sp³-hybridized carbons (Fsp3) is 0.333. The first-order valence-electron chi connectivity index (χ1n) is 6.75. The summed E-state index contributed by atoms with van der Waals surface area (Å²) in [6.07, 6.45) is 0. The van der Waals surface area contributed by atoms with Gasteiger partial charge in [0.15, 0.2) is 0 Å². The van der Waals surface area contributed by atoms with Crippen LogP contribution in [0.3, 0.4) is 0 Å². The molecule has 0 N–H and O–H groups in total. The SMILES string of the molecule is Cc1cc(C)cc(COCc2cc(C)cc(C)c2)c1. The van der Waals surface area contributed by atoms with Crippen molar-refractivity contribution < 1.29 is 4.74 Å². The lowest BCUT2D eigenvalue weighted by molar-refractivity contribution is 0.107. The molecule has 0 saturated carbocycles. The van der Waals surface area contributed by atoms with Gasteiger partial charge in [0.1, 0.15) is 0 Å². The van der Waals surface area contributed by atoms with Gasteiger partial charge in [0.25, 0.3) is 0 Å². The Morgan fingerprint density at radius 2 is 0.895 bits per heavy atom. The summed E-state index contributed by atoms with van der Waals surface area (Å²) >= 11 is 0. The summed E-state index contributed by atoms with van der Waals surface area (Å²) in [4.78, 5) is 0. The Hall–Kier alpha value is -1.60. The van der Waals surface area contributed by atoms with E-state index in [2.05, 4.69) is 64.1 Å². The third kappa shape index (κ3) is 4.22. The van der Waals surface area contributed by atoms with E-state index in [1.54, 1.807) is 0 Å². The van der Waals surface area contributed by atoms with Crippen molar-refractivity contribution in [2.24, 2.45) is 0 Å². The molecule has 0 spiro atoms. The van der Waals surface area contributed by atoms with Gasteiger partial charge in [-0.05, 0) is 38.8 Å². The second-order valence-corrected chi connectivity index (χ2v) is 5.48. The van der Waals surface area contributed by atoms with Gasteiger partial charge in [-0.15, -0.1) is 0 Å². The number of benzene rings is 2. The average molecular weight is 254 g/mol. The van der Waals surface area contributed by atoms with E-state index in [1.165, 1.54) is 33.4 Å². The van der Waals surface area contributed by atoms with Crippen LogP contribution in [-0.2, 0) is 18.0 Å². The third-order valence-corrected chi connectivity index (χ3v) is 3.10. The first-order valence-corrected chi connectivity index (χ1v) is 6.75. The monoisotopic (exact) mass is 254 g/mol.